The second-order valence-electron chi connectivity index (χ2n) is 6.21. The van der Waals surface area contributed by atoms with E-state index in [-0.39, 0.29) is 64.7 Å². The molecule has 4 rings (SSSR count). The second-order valence-corrected chi connectivity index (χ2v) is 14.2. The van der Waals surface area contributed by atoms with Gasteiger partial charge in [-0.1, -0.05) is 0 Å². The molecule has 4 aromatic rings. The van der Waals surface area contributed by atoms with Gasteiger partial charge in [0, 0.05) is 0 Å². The molecule has 0 saturated carbocycles. The summed E-state index contributed by atoms with van der Waals surface area (Å²) in [4.78, 5) is 0. The average Bonchev–Trinajstić information content (AvgIpc) is 2.72. The Morgan fingerprint density at radius 2 is 0.500 bits per heavy atom. The zero-order valence-electron chi connectivity index (χ0n) is 15.1. The molecule has 0 heterocycles. The Hall–Kier alpha value is -0.611. The minimum atomic E-state index is -2.99. The fourth-order valence-corrected chi connectivity index (χ4v) is 13.8. The van der Waals surface area contributed by atoms with E-state index in [9.17, 15) is 0 Å². The van der Waals surface area contributed by atoms with Gasteiger partial charge in [0.15, 0.2) is 0 Å². The molecule has 4 aromatic carbocycles. The van der Waals surface area contributed by atoms with Crippen LogP contribution in [0.25, 0.3) is 0 Å². The van der Waals surface area contributed by atoms with Gasteiger partial charge in [-0.15, -0.1) is 0 Å². The van der Waals surface area contributed by atoms with Crippen LogP contribution in [-0.4, -0.2) is 13.3 Å². The molecule has 0 fully saturated rings. The van der Waals surface area contributed by atoms with E-state index in [1.54, 1.807) is 0 Å². The first-order chi connectivity index (χ1) is 12.4. The number of hydrogen-bond donors (Lipinski definition) is 0. The van der Waals surface area contributed by atoms with Crippen LogP contribution in [-0.2, 0) is 16.8 Å². The van der Waals surface area contributed by atoms with Crippen molar-refractivity contribution in [1.29, 1.82) is 0 Å². The summed E-state index contributed by atoms with van der Waals surface area (Å²) in [5.74, 6) is 0. The summed E-state index contributed by atoms with van der Waals surface area (Å²) < 4.78 is 5.86. The molecule has 0 N–H and O–H groups in total. The van der Waals surface area contributed by atoms with Gasteiger partial charge in [0.05, 0.1) is 0 Å². The van der Waals surface area contributed by atoms with Crippen LogP contribution in [0.2, 0.25) is 0 Å². The van der Waals surface area contributed by atoms with Crippen molar-refractivity contribution in [3.63, 3.8) is 0 Å². The molecule has 0 aliphatic heterocycles. The van der Waals surface area contributed by atoms with Crippen LogP contribution in [0.3, 0.4) is 0 Å². The van der Waals surface area contributed by atoms with Gasteiger partial charge in [-0.2, -0.15) is 0 Å². The Morgan fingerprint density at radius 3 is 0.679 bits per heavy atom. The molecule has 0 amide bonds. The van der Waals surface area contributed by atoms with E-state index >= 15 is 0 Å². The van der Waals surface area contributed by atoms with Gasteiger partial charge in [-0.3, -0.25) is 0 Å². The van der Waals surface area contributed by atoms with Gasteiger partial charge < -0.3 is 48.0 Å². The maximum atomic E-state index is 2.31. The molecule has 1 radical (unpaired) electrons. The van der Waals surface area contributed by atoms with Crippen molar-refractivity contribution >= 4 is 30.8 Å². The van der Waals surface area contributed by atoms with Crippen molar-refractivity contribution in [2.45, 2.75) is 0 Å². The molecule has 0 aliphatic carbocycles. The van der Waals surface area contributed by atoms with Crippen LogP contribution in [0.4, 0.5) is 0 Å². The van der Waals surface area contributed by atoms with Gasteiger partial charge in [0.2, 0.25) is 0 Å². The minimum absolute atomic E-state index is 0. The van der Waals surface area contributed by atoms with Crippen LogP contribution in [0.1, 0.15) is 0 Å². The number of hydrogen-bond acceptors (Lipinski definition) is 0. The van der Waals surface area contributed by atoms with E-state index < -0.39 is 13.3 Å². The van der Waals surface area contributed by atoms with Crippen molar-refractivity contribution < 1.29 is 64.7 Å². The first-order valence-electron chi connectivity index (χ1n) is 8.64. The molecule has 0 nitrogen and oxygen atoms in total. The summed E-state index contributed by atoms with van der Waals surface area (Å²) in [6, 6.07) is 44.3. The van der Waals surface area contributed by atoms with E-state index in [0.717, 1.165) is 0 Å². The van der Waals surface area contributed by atoms with Gasteiger partial charge in [0.25, 0.3) is 0 Å². The predicted molar refractivity (Wildman–Crippen MR) is 110 cm³/mol. The van der Waals surface area contributed by atoms with Crippen molar-refractivity contribution in [2.24, 2.45) is 0 Å². The summed E-state index contributed by atoms with van der Waals surface area (Å²) in [6.45, 7) is 0. The number of halogens is 2. The maximum absolute atomic E-state index is 2.99. The van der Waals surface area contributed by atoms with E-state index in [0.29, 0.717) is 0 Å². The number of benzene rings is 4. The Balaban J connectivity index is 0.00000131. The predicted octanol–water partition coefficient (Wildman–Crippen LogP) is -2.93. The topological polar surface area (TPSA) is 0 Å². The Morgan fingerprint density at radius 1 is 0.321 bits per heavy atom. The Bertz CT molecular complexity index is 770. The van der Waals surface area contributed by atoms with Gasteiger partial charge in [-0.25, -0.2) is 0 Å². The normalized spacial score (nSPS) is 10.0. The van der Waals surface area contributed by atoms with Crippen molar-refractivity contribution in [3.05, 3.63) is 121 Å². The monoisotopic (exact) mass is 695 g/mol. The first-order valence-corrected chi connectivity index (χ1v) is 12.8. The van der Waals surface area contributed by atoms with Crippen LogP contribution in [0.15, 0.2) is 121 Å². The van der Waals surface area contributed by atoms with Gasteiger partial charge in [0.1, 0.15) is 0 Å². The summed E-state index contributed by atoms with van der Waals surface area (Å²) in [6.07, 6.45) is 0. The van der Waals surface area contributed by atoms with Gasteiger partial charge in [-0.05, 0) is 0 Å². The SMILES string of the molecule is [Co+2].[I-].[I-].c1cc[c]([Ge]([c]2ccccc2)([c]2ccccc2)[c]2ccccc2)cc1. The molecule has 4 heteroatoms. The molecular weight excluding hydrogens is 674 g/mol. The second kappa shape index (κ2) is 12.2. The fraction of sp³-hybridized carbons (Fsp3) is 0. The molecule has 0 aromatic heterocycles. The summed E-state index contributed by atoms with van der Waals surface area (Å²) in [5.41, 5.74) is 0. The quantitative estimate of drug-likeness (QED) is 0.159. The summed E-state index contributed by atoms with van der Waals surface area (Å²) in [7, 11) is 0. The zero-order valence-corrected chi connectivity index (χ0v) is 22.6. The molecular formula is C24H20CoGeI2. The molecule has 0 unspecified atom stereocenters. The van der Waals surface area contributed by atoms with Crippen molar-refractivity contribution in [1.82, 2.24) is 0 Å². The molecule has 0 atom stereocenters. The van der Waals surface area contributed by atoms with Crippen LogP contribution < -0.4 is 65.5 Å². The Kier molecular flexibility index (Phi) is 11.0. The standard InChI is InChI=1S/C24H20Ge.Co.2HI/c1-5-13-21(14-6-1)25(22-15-7-2-8-16-22,23-17-9-3-10-18-23)24-19-11-4-12-20-24;;;/h1-20H;;2*1H/q;+2;;/p-2. The average molecular weight is 694 g/mol. The zero-order chi connectivity index (χ0) is 17.0. The first kappa shape index (κ1) is 25.4. The third kappa shape index (κ3) is 4.92. The van der Waals surface area contributed by atoms with Crippen molar-refractivity contribution in [2.75, 3.05) is 0 Å². The Labute approximate surface area is 214 Å². The van der Waals surface area contributed by atoms with Crippen LogP contribution >= 0.6 is 0 Å². The van der Waals surface area contributed by atoms with Crippen molar-refractivity contribution in [3.8, 4) is 0 Å². The third-order valence-electron chi connectivity index (χ3n) is 4.83. The third-order valence-corrected chi connectivity index (χ3v) is 14.9. The molecule has 0 spiro atoms. The number of rotatable bonds is 4. The van der Waals surface area contributed by atoms with E-state index in [4.69, 9.17) is 0 Å². The van der Waals surface area contributed by atoms with E-state index in [2.05, 4.69) is 121 Å². The molecule has 28 heavy (non-hydrogen) atoms. The van der Waals surface area contributed by atoms with Crippen LogP contribution in [0.5, 0.6) is 0 Å². The van der Waals surface area contributed by atoms with Crippen LogP contribution in [0, 0.1) is 0 Å². The molecule has 0 aliphatic rings. The molecule has 0 saturated heterocycles. The fourth-order valence-electron chi connectivity index (χ4n) is 3.75. The van der Waals surface area contributed by atoms with Gasteiger partial charge >= 0.3 is 169 Å². The van der Waals surface area contributed by atoms with E-state index in [1.165, 1.54) is 17.6 Å². The summed E-state index contributed by atoms with van der Waals surface area (Å²) >= 11 is -2.99. The van der Waals surface area contributed by atoms with E-state index in [1.807, 2.05) is 0 Å². The molecule has 0 bridgehead atoms. The molecule has 143 valence electrons. The summed E-state index contributed by atoms with van der Waals surface area (Å²) in [5, 5.41) is 0.